The monoisotopic (exact) mass is 568 g/mol. The Morgan fingerprint density at radius 1 is 0.718 bits per heavy atom. The number of halogens is 1. The Morgan fingerprint density at radius 3 is 1.67 bits per heavy atom. The Balaban J connectivity index is 0.000000230. The number of rotatable bonds is 11. The number of hydrogen-bond acceptors (Lipinski definition) is 7. The topological polar surface area (TPSA) is 79.8 Å². The molecule has 0 aliphatic carbocycles. The predicted octanol–water partition coefficient (Wildman–Crippen LogP) is 8.87. The van der Waals surface area contributed by atoms with Crippen molar-refractivity contribution in [1.29, 1.82) is 0 Å². The van der Waals surface area contributed by atoms with Crippen LogP contribution in [0.4, 0.5) is 0 Å². The van der Waals surface area contributed by atoms with Gasteiger partial charge in [-0.1, -0.05) is 24.3 Å². The van der Waals surface area contributed by atoms with Gasteiger partial charge < -0.3 is 18.5 Å². The van der Waals surface area contributed by atoms with E-state index in [1.165, 1.54) is 0 Å². The van der Waals surface area contributed by atoms with Gasteiger partial charge >= 0.3 is 7.60 Å². The molecule has 0 saturated heterocycles. The summed E-state index contributed by atoms with van der Waals surface area (Å²) < 4.78 is 34.6. The molecule has 4 rings (SSSR count). The lowest BCUT2D eigenvalue weighted by Gasteiger charge is -2.17. The van der Waals surface area contributed by atoms with Crippen LogP contribution < -0.4 is 9.47 Å². The Labute approximate surface area is 235 Å². The van der Waals surface area contributed by atoms with Crippen molar-refractivity contribution in [1.82, 2.24) is 9.97 Å². The highest BCUT2D eigenvalue weighted by Gasteiger charge is 2.24. The summed E-state index contributed by atoms with van der Waals surface area (Å²) in [6.07, 6.45) is 3.65. The molecule has 2 heterocycles. The summed E-state index contributed by atoms with van der Waals surface area (Å²) in [7, 11) is -3.12. The van der Waals surface area contributed by atoms with Crippen molar-refractivity contribution in [2.24, 2.45) is 0 Å². The zero-order chi connectivity index (χ0) is 28.1. The van der Waals surface area contributed by atoms with Gasteiger partial charge in [-0.05, 0) is 86.3 Å². The van der Waals surface area contributed by atoms with Crippen molar-refractivity contribution >= 4 is 19.2 Å². The third-order valence-electron chi connectivity index (χ3n) is 5.20. The Kier molecular flexibility index (Phi) is 12.0. The van der Waals surface area contributed by atoms with Crippen LogP contribution in [0.15, 0.2) is 85.2 Å². The number of nitrogens with zero attached hydrogens (tertiary/aromatic N) is 2. The molecule has 0 fully saturated rings. The van der Waals surface area contributed by atoms with Gasteiger partial charge in [0.1, 0.15) is 11.5 Å². The number of ether oxygens (including phenoxy) is 2. The van der Waals surface area contributed by atoms with Gasteiger partial charge in [0.05, 0.1) is 19.4 Å². The number of hydrogen-bond donors (Lipinski definition) is 0. The minimum Gasteiger partial charge on any atom is -0.439 e. The van der Waals surface area contributed by atoms with Crippen LogP contribution in [0, 0.1) is 13.8 Å². The fraction of sp³-hybridized carbons (Fsp3) is 0.267. The van der Waals surface area contributed by atoms with Crippen LogP contribution in [-0.2, 0) is 25.7 Å². The molecular weight excluding hydrogens is 535 g/mol. The molecule has 7 nitrogen and oxygen atoms in total. The molecule has 2 aromatic heterocycles. The van der Waals surface area contributed by atoms with E-state index in [1.807, 2.05) is 86.6 Å². The molecule has 4 aromatic rings. The van der Waals surface area contributed by atoms with E-state index in [0.717, 1.165) is 28.0 Å². The Morgan fingerprint density at radius 2 is 1.21 bits per heavy atom. The normalized spacial score (nSPS) is 10.9. The molecule has 2 aromatic carbocycles. The molecule has 0 bridgehead atoms. The predicted molar refractivity (Wildman–Crippen MR) is 155 cm³/mol. The van der Waals surface area contributed by atoms with Crippen LogP contribution >= 0.6 is 19.2 Å². The first-order chi connectivity index (χ1) is 18.8. The lowest BCUT2D eigenvalue weighted by Crippen LogP contribution is -1.99. The van der Waals surface area contributed by atoms with Crippen LogP contribution in [0.3, 0.4) is 0 Å². The molecule has 206 valence electrons. The molecule has 39 heavy (non-hydrogen) atoms. The number of benzene rings is 2. The summed E-state index contributed by atoms with van der Waals surface area (Å²) in [5, 5.41) is 0. The fourth-order valence-corrected chi connectivity index (χ4v) is 5.37. The van der Waals surface area contributed by atoms with E-state index in [4.69, 9.17) is 30.1 Å². The average Bonchev–Trinajstić information content (AvgIpc) is 2.90. The zero-order valence-electron chi connectivity index (χ0n) is 22.7. The van der Waals surface area contributed by atoms with Gasteiger partial charge in [0, 0.05) is 30.4 Å². The van der Waals surface area contributed by atoms with Gasteiger partial charge in [-0.25, -0.2) is 9.97 Å². The van der Waals surface area contributed by atoms with E-state index in [0.29, 0.717) is 36.6 Å². The van der Waals surface area contributed by atoms with Crippen molar-refractivity contribution in [3.05, 3.63) is 107 Å². The van der Waals surface area contributed by atoms with Crippen LogP contribution in [0.5, 0.6) is 23.3 Å². The third kappa shape index (κ3) is 10.5. The Hall–Kier alpha value is -3.22. The maximum absolute atomic E-state index is 12.6. The van der Waals surface area contributed by atoms with Gasteiger partial charge in [-0.2, -0.15) is 0 Å². The van der Waals surface area contributed by atoms with E-state index >= 15 is 0 Å². The van der Waals surface area contributed by atoms with Crippen LogP contribution in [0.1, 0.15) is 36.1 Å². The van der Waals surface area contributed by atoms with Gasteiger partial charge in [0.25, 0.3) is 0 Å². The van der Waals surface area contributed by atoms with E-state index in [1.54, 1.807) is 26.2 Å². The lowest BCUT2D eigenvalue weighted by molar-refractivity contribution is 0.219. The highest BCUT2D eigenvalue weighted by molar-refractivity contribution is 7.53. The van der Waals surface area contributed by atoms with E-state index < -0.39 is 7.60 Å². The summed E-state index contributed by atoms with van der Waals surface area (Å²) in [6.45, 7) is 8.28. The highest BCUT2D eigenvalue weighted by Crippen LogP contribution is 2.51. The van der Waals surface area contributed by atoms with E-state index in [-0.39, 0.29) is 6.16 Å². The first-order valence-corrected chi connectivity index (χ1v) is 14.9. The van der Waals surface area contributed by atoms with Crippen molar-refractivity contribution < 1.29 is 23.1 Å². The van der Waals surface area contributed by atoms with E-state index in [9.17, 15) is 4.57 Å². The smallest absolute Gasteiger partial charge is 0.335 e. The molecular formula is C30H34ClN2O5P. The molecule has 0 aliphatic heterocycles. The van der Waals surface area contributed by atoms with Gasteiger partial charge in [-0.3, -0.25) is 4.57 Å². The molecule has 0 N–H and O–H groups in total. The molecule has 0 atom stereocenters. The lowest BCUT2D eigenvalue weighted by atomic mass is 10.2. The van der Waals surface area contributed by atoms with Gasteiger partial charge in [0.2, 0.25) is 11.8 Å². The molecule has 0 radical (unpaired) electrons. The molecule has 9 heteroatoms. The highest BCUT2D eigenvalue weighted by atomic mass is 35.5. The summed E-state index contributed by atoms with van der Waals surface area (Å²) in [6, 6.07) is 22.7. The summed E-state index contributed by atoms with van der Waals surface area (Å²) in [5.41, 5.74) is 4.06. The summed E-state index contributed by atoms with van der Waals surface area (Å²) in [5.74, 6) is 3.02. The fourth-order valence-electron chi connectivity index (χ4n) is 3.51. The van der Waals surface area contributed by atoms with Crippen LogP contribution in [0.2, 0.25) is 0 Å². The Bertz CT molecular complexity index is 1370. The first kappa shape index (κ1) is 30.3. The second kappa shape index (κ2) is 15.4. The number of pyridine rings is 2. The van der Waals surface area contributed by atoms with E-state index in [2.05, 4.69) is 9.97 Å². The second-order valence-electron chi connectivity index (χ2n) is 8.58. The molecule has 0 unspecified atom stereocenters. The second-order valence-corrected chi connectivity index (χ2v) is 10.9. The van der Waals surface area contributed by atoms with Crippen molar-refractivity contribution in [2.75, 3.05) is 13.2 Å². The van der Waals surface area contributed by atoms with Gasteiger partial charge in [-0.15, -0.1) is 11.6 Å². The summed E-state index contributed by atoms with van der Waals surface area (Å²) >= 11 is 5.76. The van der Waals surface area contributed by atoms with Crippen LogP contribution in [0.25, 0.3) is 0 Å². The molecule has 0 spiro atoms. The minimum atomic E-state index is -3.12. The van der Waals surface area contributed by atoms with Crippen molar-refractivity contribution in [3.8, 4) is 23.3 Å². The number of aryl methyl sites for hydroxylation is 2. The first-order valence-electron chi connectivity index (χ1n) is 12.7. The standard InChI is InChI=1S/C17H22NO4P.C13H12ClNO/c1-4-20-23(19,21-5-2)13-15-7-6-8-16(12-15)22-17-11-14(3)9-10-18-17;1-10-5-6-15-13(7-10)16-12-4-2-3-11(8-12)9-14/h6-12H,4-5,13H2,1-3H3;2-8H,9H2,1H3. The molecule has 0 amide bonds. The third-order valence-corrected chi connectivity index (χ3v) is 7.57. The number of aromatic nitrogens is 2. The quantitative estimate of drug-likeness (QED) is 0.132. The SMILES string of the molecule is CCOP(=O)(Cc1cccc(Oc2cc(C)ccn2)c1)OCC.Cc1ccnc(Oc2cccc(CCl)c2)c1. The van der Waals surface area contributed by atoms with Crippen LogP contribution in [-0.4, -0.2) is 23.2 Å². The van der Waals surface area contributed by atoms with Crippen molar-refractivity contribution in [2.45, 2.75) is 39.7 Å². The maximum atomic E-state index is 12.6. The zero-order valence-corrected chi connectivity index (χ0v) is 24.3. The molecule has 0 aliphatic rings. The molecule has 0 saturated carbocycles. The minimum absolute atomic E-state index is 0.215. The van der Waals surface area contributed by atoms with Crippen molar-refractivity contribution in [3.63, 3.8) is 0 Å². The van der Waals surface area contributed by atoms with Gasteiger partial charge in [0.15, 0.2) is 0 Å². The number of alkyl halides is 1. The largest absolute Gasteiger partial charge is 0.439 e. The summed E-state index contributed by atoms with van der Waals surface area (Å²) in [4.78, 5) is 8.31. The maximum Gasteiger partial charge on any atom is 0.335 e. The average molecular weight is 569 g/mol.